The van der Waals surface area contributed by atoms with Gasteiger partial charge in [-0.05, 0) is 59.9 Å². The fourth-order valence-electron chi connectivity index (χ4n) is 6.14. The monoisotopic (exact) mass is 583 g/mol. The van der Waals surface area contributed by atoms with Gasteiger partial charge in [-0.3, -0.25) is 9.36 Å². The summed E-state index contributed by atoms with van der Waals surface area (Å²) < 4.78 is 25.3. The van der Waals surface area contributed by atoms with E-state index in [9.17, 15) is 14.7 Å². The van der Waals surface area contributed by atoms with Crippen LogP contribution in [-0.4, -0.2) is 51.6 Å². The highest BCUT2D eigenvalue weighted by Crippen LogP contribution is 2.39. The minimum Gasteiger partial charge on any atom is -0.459 e. The van der Waals surface area contributed by atoms with Crippen molar-refractivity contribution in [2.24, 2.45) is 0 Å². The van der Waals surface area contributed by atoms with Crippen molar-refractivity contribution in [1.29, 1.82) is 0 Å². The zero-order valence-electron chi connectivity index (χ0n) is 23.6. The van der Waals surface area contributed by atoms with E-state index in [-0.39, 0.29) is 42.7 Å². The third-order valence-electron chi connectivity index (χ3n) is 8.48. The van der Waals surface area contributed by atoms with Gasteiger partial charge in [0.05, 0.1) is 24.2 Å². The second kappa shape index (κ2) is 11.6. The molecule has 2 unspecified atom stereocenters. The van der Waals surface area contributed by atoms with Gasteiger partial charge in [-0.1, -0.05) is 42.5 Å². The number of H-pyrrole nitrogens is 1. The third-order valence-corrected chi connectivity index (χ3v) is 8.48. The van der Waals surface area contributed by atoms with Crippen molar-refractivity contribution in [3.8, 4) is 11.5 Å². The van der Waals surface area contributed by atoms with Gasteiger partial charge in [0.25, 0.3) is 5.91 Å². The van der Waals surface area contributed by atoms with E-state index in [0.717, 1.165) is 27.7 Å². The van der Waals surface area contributed by atoms with Crippen molar-refractivity contribution in [2.75, 3.05) is 19.9 Å². The Morgan fingerprint density at radius 2 is 1.74 bits per heavy atom. The number of fused-ring (bicyclic) bond motifs is 2. The standard InChI is InChI=1S/C33H33N3O7/c37-18-21-5-7-22(8-6-21)19-40-31-17-24(23-9-10-28-29(15-23)42-20-41-28)16-30(43-31)32(38)35-13-11-25(12-14-35)36-27-4-2-1-3-26(27)34-33(36)39/h1-10,15-16,24-25,31,37H,11-14,17-20H2,(H,34,39). The SMILES string of the molecule is O=C(C1=CC(c2ccc3c(c2)OCO3)CC(OCc2ccc(CO)cc2)O1)N1CCC(n2c(=O)[nH]c3ccccc32)CC1. The second-order valence-electron chi connectivity index (χ2n) is 11.2. The molecular weight excluding hydrogens is 550 g/mol. The molecule has 4 heterocycles. The van der Waals surface area contributed by atoms with Crippen LogP contribution in [0.15, 0.2) is 83.4 Å². The van der Waals surface area contributed by atoms with E-state index in [1.165, 1.54) is 0 Å². The molecule has 1 amide bonds. The molecule has 0 aliphatic carbocycles. The molecule has 3 aliphatic rings. The van der Waals surface area contributed by atoms with Crippen molar-refractivity contribution < 1.29 is 28.8 Å². The van der Waals surface area contributed by atoms with Crippen molar-refractivity contribution in [1.82, 2.24) is 14.5 Å². The van der Waals surface area contributed by atoms with E-state index in [2.05, 4.69) is 4.98 Å². The van der Waals surface area contributed by atoms with Crippen molar-refractivity contribution in [3.63, 3.8) is 0 Å². The maximum Gasteiger partial charge on any atom is 0.326 e. The van der Waals surface area contributed by atoms with Gasteiger partial charge in [-0.15, -0.1) is 0 Å². The number of aliphatic hydroxyl groups excluding tert-OH is 1. The van der Waals surface area contributed by atoms with Crippen LogP contribution in [0.1, 0.15) is 47.9 Å². The topological polar surface area (TPSA) is 115 Å². The predicted octanol–water partition coefficient (Wildman–Crippen LogP) is 4.35. The number of hydrogen-bond donors (Lipinski definition) is 2. The number of ether oxygens (including phenoxy) is 4. The Labute approximate surface area is 248 Å². The van der Waals surface area contributed by atoms with Crippen LogP contribution in [0.3, 0.4) is 0 Å². The molecule has 4 aromatic rings. The molecule has 2 atom stereocenters. The Morgan fingerprint density at radius 1 is 0.977 bits per heavy atom. The molecule has 2 N–H and O–H groups in total. The van der Waals surface area contributed by atoms with Gasteiger partial charge in [0.1, 0.15) is 0 Å². The maximum atomic E-state index is 13.8. The lowest BCUT2D eigenvalue weighted by Gasteiger charge is -2.35. The summed E-state index contributed by atoms with van der Waals surface area (Å²) in [5.74, 6) is 1.33. The quantitative estimate of drug-likeness (QED) is 0.333. The van der Waals surface area contributed by atoms with Crippen LogP contribution in [0, 0.1) is 0 Å². The first-order valence-electron chi connectivity index (χ1n) is 14.6. The fourth-order valence-corrected chi connectivity index (χ4v) is 6.14. The number of nitrogens with one attached hydrogen (secondary N) is 1. The molecule has 1 aromatic heterocycles. The average molecular weight is 584 g/mol. The molecule has 10 heteroatoms. The third kappa shape index (κ3) is 5.51. The van der Waals surface area contributed by atoms with Crippen LogP contribution in [0.25, 0.3) is 11.0 Å². The first-order valence-corrected chi connectivity index (χ1v) is 14.6. The smallest absolute Gasteiger partial charge is 0.326 e. The number of para-hydroxylation sites is 2. The molecule has 1 saturated heterocycles. The number of piperidine rings is 1. The molecule has 0 radical (unpaired) electrons. The molecule has 0 bridgehead atoms. The lowest BCUT2D eigenvalue weighted by atomic mass is 9.92. The number of likely N-dealkylation sites (tertiary alicyclic amines) is 1. The highest BCUT2D eigenvalue weighted by atomic mass is 16.7. The van der Waals surface area contributed by atoms with Gasteiger partial charge in [0.2, 0.25) is 13.1 Å². The van der Waals surface area contributed by atoms with Gasteiger partial charge in [-0.2, -0.15) is 0 Å². The van der Waals surface area contributed by atoms with Gasteiger partial charge in [0.15, 0.2) is 17.3 Å². The normalized spacial score (nSPS) is 20.2. The summed E-state index contributed by atoms with van der Waals surface area (Å²) in [6.07, 6.45) is 3.09. The number of imidazole rings is 1. The zero-order valence-corrected chi connectivity index (χ0v) is 23.6. The van der Waals surface area contributed by atoms with E-state index in [1.807, 2.05) is 77.4 Å². The lowest BCUT2D eigenvalue weighted by Crippen LogP contribution is -2.42. The first kappa shape index (κ1) is 27.3. The minimum absolute atomic E-state index is 0.00337. The summed E-state index contributed by atoms with van der Waals surface area (Å²) in [6.45, 7) is 1.49. The lowest BCUT2D eigenvalue weighted by molar-refractivity contribution is -0.156. The molecule has 43 heavy (non-hydrogen) atoms. The number of hydrogen-bond acceptors (Lipinski definition) is 7. The molecule has 0 saturated carbocycles. The second-order valence-corrected chi connectivity index (χ2v) is 11.2. The molecule has 3 aromatic carbocycles. The fraction of sp³-hybridized carbons (Fsp3) is 0.333. The Hall–Kier alpha value is -4.54. The Kier molecular flexibility index (Phi) is 7.38. The summed E-state index contributed by atoms with van der Waals surface area (Å²) in [5.41, 5.74) is 4.33. The minimum atomic E-state index is -0.640. The molecular formula is C33H33N3O7. The van der Waals surface area contributed by atoms with E-state index in [1.54, 1.807) is 4.90 Å². The molecule has 3 aliphatic heterocycles. The highest BCUT2D eigenvalue weighted by Gasteiger charge is 2.34. The first-order chi connectivity index (χ1) is 21.1. The molecule has 10 nitrogen and oxygen atoms in total. The van der Waals surface area contributed by atoms with Crippen molar-refractivity contribution in [2.45, 2.75) is 50.7 Å². The van der Waals surface area contributed by atoms with E-state index in [4.69, 9.17) is 18.9 Å². The van der Waals surface area contributed by atoms with Crippen LogP contribution in [0.2, 0.25) is 0 Å². The predicted molar refractivity (Wildman–Crippen MR) is 157 cm³/mol. The number of nitrogens with zero attached hydrogens (tertiary/aromatic N) is 2. The molecule has 7 rings (SSSR count). The van der Waals surface area contributed by atoms with Crippen molar-refractivity contribution in [3.05, 3.63) is 106 Å². The van der Waals surface area contributed by atoms with Gasteiger partial charge >= 0.3 is 5.69 Å². The average Bonchev–Trinajstić information content (AvgIpc) is 3.66. The number of benzene rings is 3. The van der Waals surface area contributed by atoms with Gasteiger partial charge in [-0.25, -0.2) is 4.79 Å². The zero-order chi connectivity index (χ0) is 29.3. The van der Waals surface area contributed by atoms with Gasteiger partial charge in [0, 0.05) is 31.5 Å². The van der Waals surface area contributed by atoms with Crippen LogP contribution in [0.5, 0.6) is 11.5 Å². The number of aromatic amines is 1. The van der Waals surface area contributed by atoms with Gasteiger partial charge < -0.3 is 33.9 Å². The maximum absolute atomic E-state index is 13.8. The Bertz CT molecular complexity index is 1720. The number of allylic oxidation sites excluding steroid dienone is 1. The Balaban J connectivity index is 1.08. The number of carbonyl (C=O) groups excluding carboxylic acids is 1. The van der Waals surface area contributed by atoms with E-state index >= 15 is 0 Å². The van der Waals surface area contributed by atoms with E-state index < -0.39 is 6.29 Å². The number of amides is 1. The number of rotatable bonds is 7. The number of aliphatic hydroxyl groups is 1. The van der Waals surface area contributed by atoms with Crippen LogP contribution in [0.4, 0.5) is 0 Å². The summed E-state index contributed by atoms with van der Waals surface area (Å²) in [5, 5.41) is 9.34. The summed E-state index contributed by atoms with van der Waals surface area (Å²) in [7, 11) is 0. The number of carbonyl (C=O) groups is 1. The Morgan fingerprint density at radius 3 is 2.56 bits per heavy atom. The summed E-state index contributed by atoms with van der Waals surface area (Å²) >= 11 is 0. The molecule has 1 fully saturated rings. The molecule has 222 valence electrons. The largest absolute Gasteiger partial charge is 0.459 e. The van der Waals surface area contributed by atoms with Crippen molar-refractivity contribution >= 4 is 16.9 Å². The van der Waals surface area contributed by atoms with E-state index in [0.29, 0.717) is 50.5 Å². The summed E-state index contributed by atoms with van der Waals surface area (Å²) in [4.78, 5) is 31.3. The summed E-state index contributed by atoms with van der Waals surface area (Å²) in [6, 6.07) is 21.0. The number of aromatic nitrogens is 2. The van der Waals surface area contributed by atoms with Crippen LogP contribution in [-0.2, 0) is 27.5 Å². The highest BCUT2D eigenvalue weighted by molar-refractivity contribution is 5.92. The van der Waals surface area contributed by atoms with Crippen LogP contribution < -0.4 is 15.2 Å². The van der Waals surface area contributed by atoms with Crippen LogP contribution >= 0.6 is 0 Å². The molecule has 0 spiro atoms.